The van der Waals surface area contributed by atoms with Crippen LogP contribution in [-0.4, -0.2) is 70.9 Å². The molecule has 2 aromatic heterocycles. The number of halogens is 8. The molecule has 2 aliphatic heterocycles. The van der Waals surface area contributed by atoms with Crippen LogP contribution in [0.5, 0.6) is 0 Å². The maximum atomic E-state index is 14.8. The minimum absolute atomic E-state index is 0.0887. The number of H-pyrrole nitrogens is 1. The predicted octanol–water partition coefficient (Wildman–Crippen LogP) is 3.62. The number of pyridine rings is 1. The number of rotatable bonds is 7. The third-order valence-corrected chi connectivity index (χ3v) is 6.56. The summed E-state index contributed by atoms with van der Waals surface area (Å²) in [5, 5.41) is 7.58. The van der Waals surface area contributed by atoms with Gasteiger partial charge in [0.1, 0.15) is 11.4 Å². The molecule has 220 valence electrons. The maximum absolute atomic E-state index is 14.8. The number of carbonyl (C=O) groups is 1. The van der Waals surface area contributed by atoms with Gasteiger partial charge in [0.15, 0.2) is 0 Å². The second-order valence-electron chi connectivity index (χ2n) is 9.54. The molecule has 1 fully saturated rings. The molecule has 0 bridgehead atoms. The van der Waals surface area contributed by atoms with E-state index in [1.807, 2.05) is 0 Å². The number of ether oxygens (including phenoxy) is 1. The molecule has 1 saturated heterocycles. The quantitative estimate of drug-likeness (QED) is 0.379. The van der Waals surface area contributed by atoms with E-state index in [1.165, 1.54) is 16.7 Å². The summed E-state index contributed by atoms with van der Waals surface area (Å²) >= 11 is 0. The van der Waals surface area contributed by atoms with Crippen LogP contribution in [-0.2, 0) is 27.8 Å². The highest BCUT2D eigenvalue weighted by Gasteiger charge is 2.49. The predicted molar refractivity (Wildman–Crippen MR) is 124 cm³/mol. The van der Waals surface area contributed by atoms with E-state index < -0.39 is 70.6 Å². The van der Waals surface area contributed by atoms with Gasteiger partial charge >= 0.3 is 12.4 Å². The van der Waals surface area contributed by atoms with Crippen molar-refractivity contribution in [2.45, 2.75) is 50.1 Å². The van der Waals surface area contributed by atoms with Crippen LogP contribution in [0.3, 0.4) is 0 Å². The lowest BCUT2D eigenvalue weighted by Crippen LogP contribution is -2.58. The number of fused-ring (bicyclic) bond motifs is 3. The highest BCUT2D eigenvalue weighted by Crippen LogP contribution is 2.46. The third-order valence-electron chi connectivity index (χ3n) is 6.56. The summed E-state index contributed by atoms with van der Waals surface area (Å²) in [4.78, 5) is 30.7. The molecule has 2 N–H and O–H groups in total. The Labute approximate surface area is 221 Å². The highest BCUT2D eigenvalue weighted by molar-refractivity contribution is 5.77. The average molecular weight is 584 g/mol. The zero-order valence-electron chi connectivity index (χ0n) is 20.9. The standard InChI is InChI=1S/C23H24F8N6O3/c1-12(34-16-9-33-35-20(39)18(16)23(29,30)31)11-40-5-2-17(38)36-3-4-37-14(10-36)7-21(24,25)15-6-13(22(26,27)28)8-32-19(15)37/h6,8-9,12,14H,2-5,7,10-11H2,1H3,(H2,34,35,39)/t12-,14+/m0/s1. The number of hydrogen-bond donors (Lipinski definition) is 2. The van der Waals surface area contributed by atoms with Crippen molar-refractivity contribution < 1.29 is 44.7 Å². The second-order valence-corrected chi connectivity index (χ2v) is 9.54. The van der Waals surface area contributed by atoms with Crippen LogP contribution in [0.2, 0.25) is 0 Å². The van der Waals surface area contributed by atoms with Crippen molar-refractivity contribution in [3.63, 3.8) is 0 Å². The fourth-order valence-electron chi connectivity index (χ4n) is 4.73. The van der Waals surface area contributed by atoms with E-state index in [2.05, 4.69) is 15.4 Å². The van der Waals surface area contributed by atoms with Crippen LogP contribution in [0.1, 0.15) is 36.5 Å². The van der Waals surface area contributed by atoms with Crippen LogP contribution in [0.25, 0.3) is 0 Å². The summed E-state index contributed by atoms with van der Waals surface area (Å²) in [6.07, 6.45) is -9.33. The summed E-state index contributed by atoms with van der Waals surface area (Å²) in [5.74, 6) is -4.22. The Bertz CT molecular complexity index is 1300. The Morgan fingerprint density at radius 3 is 2.60 bits per heavy atom. The average Bonchev–Trinajstić information content (AvgIpc) is 2.84. The highest BCUT2D eigenvalue weighted by atomic mass is 19.4. The van der Waals surface area contributed by atoms with Crippen molar-refractivity contribution in [1.82, 2.24) is 20.1 Å². The Balaban J connectivity index is 1.29. The molecule has 0 radical (unpaired) electrons. The number of alkyl halides is 8. The molecule has 4 heterocycles. The summed E-state index contributed by atoms with van der Waals surface area (Å²) in [7, 11) is 0. The molecule has 17 heteroatoms. The first-order valence-corrected chi connectivity index (χ1v) is 12.1. The summed E-state index contributed by atoms with van der Waals surface area (Å²) in [5.41, 5.74) is -5.44. The zero-order valence-corrected chi connectivity index (χ0v) is 20.9. The number of carbonyl (C=O) groups excluding carboxylic acids is 1. The van der Waals surface area contributed by atoms with Crippen LogP contribution in [0, 0.1) is 0 Å². The van der Waals surface area contributed by atoms with Gasteiger partial charge in [0, 0.05) is 38.3 Å². The third kappa shape index (κ3) is 6.28. The van der Waals surface area contributed by atoms with E-state index in [0.717, 1.165) is 6.20 Å². The van der Waals surface area contributed by atoms with Gasteiger partial charge in [-0.15, -0.1) is 0 Å². The molecule has 2 atom stereocenters. The molecule has 9 nitrogen and oxygen atoms in total. The molecule has 1 amide bonds. The number of aromatic nitrogens is 3. The van der Waals surface area contributed by atoms with Crippen molar-refractivity contribution >= 4 is 17.4 Å². The summed E-state index contributed by atoms with van der Waals surface area (Å²) in [6, 6.07) is -1.14. The van der Waals surface area contributed by atoms with E-state index >= 15 is 0 Å². The first-order chi connectivity index (χ1) is 18.6. The van der Waals surface area contributed by atoms with Gasteiger partial charge in [-0.3, -0.25) is 9.59 Å². The van der Waals surface area contributed by atoms with Gasteiger partial charge in [0.2, 0.25) is 5.91 Å². The first-order valence-electron chi connectivity index (χ1n) is 12.1. The van der Waals surface area contributed by atoms with Crippen molar-refractivity contribution in [3.05, 3.63) is 45.5 Å². The SMILES string of the molecule is C[C@@H](COCCC(=O)N1CCN2c3ncc(C(F)(F)F)cc3C(F)(F)C[C@@H]2C1)Nc1cn[nH]c(=O)c1C(F)(F)F. The van der Waals surface area contributed by atoms with Crippen molar-refractivity contribution in [3.8, 4) is 0 Å². The molecule has 0 aromatic carbocycles. The zero-order chi connectivity index (χ0) is 29.5. The number of nitrogens with zero attached hydrogens (tertiary/aromatic N) is 4. The van der Waals surface area contributed by atoms with Crippen molar-refractivity contribution in [1.29, 1.82) is 0 Å². The minimum Gasteiger partial charge on any atom is -0.379 e. The number of aromatic amines is 1. The van der Waals surface area contributed by atoms with Crippen LogP contribution >= 0.6 is 0 Å². The van der Waals surface area contributed by atoms with Crippen LogP contribution in [0.15, 0.2) is 23.3 Å². The largest absolute Gasteiger partial charge is 0.423 e. The molecule has 0 aliphatic carbocycles. The van der Waals surface area contributed by atoms with E-state index in [1.54, 1.807) is 5.10 Å². The molecule has 0 unspecified atom stereocenters. The smallest absolute Gasteiger partial charge is 0.379 e. The second kappa shape index (κ2) is 10.8. The maximum Gasteiger partial charge on any atom is 0.423 e. The molecular formula is C23H24F8N6O3. The normalized spacial score (nSPS) is 19.6. The van der Waals surface area contributed by atoms with Crippen molar-refractivity contribution in [2.24, 2.45) is 0 Å². The topological polar surface area (TPSA) is 103 Å². The minimum atomic E-state index is -4.91. The van der Waals surface area contributed by atoms with E-state index in [9.17, 15) is 44.7 Å². The van der Waals surface area contributed by atoms with E-state index in [0.29, 0.717) is 12.3 Å². The van der Waals surface area contributed by atoms with Gasteiger partial charge in [-0.1, -0.05) is 0 Å². The van der Waals surface area contributed by atoms with Crippen LogP contribution < -0.4 is 15.8 Å². The lowest BCUT2D eigenvalue weighted by atomic mass is 9.92. The number of hydrogen-bond acceptors (Lipinski definition) is 7. The summed E-state index contributed by atoms with van der Waals surface area (Å²) < 4.78 is 114. The number of nitrogens with one attached hydrogen (secondary N) is 2. The lowest BCUT2D eigenvalue weighted by molar-refractivity contribution is -0.139. The van der Waals surface area contributed by atoms with Gasteiger partial charge in [0.05, 0.1) is 48.7 Å². The fraction of sp³-hybridized carbons (Fsp3) is 0.565. The van der Waals surface area contributed by atoms with Gasteiger partial charge in [-0.25, -0.2) is 18.9 Å². The van der Waals surface area contributed by atoms with Crippen molar-refractivity contribution in [2.75, 3.05) is 43.1 Å². The van der Waals surface area contributed by atoms with Crippen LogP contribution in [0.4, 0.5) is 46.6 Å². The van der Waals surface area contributed by atoms with Gasteiger partial charge in [-0.2, -0.15) is 31.4 Å². The monoisotopic (exact) mass is 584 g/mol. The molecule has 4 rings (SSSR count). The Kier molecular flexibility index (Phi) is 7.97. The van der Waals surface area contributed by atoms with E-state index in [4.69, 9.17) is 4.74 Å². The molecule has 2 aromatic rings. The molecule has 40 heavy (non-hydrogen) atoms. The van der Waals surface area contributed by atoms with Gasteiger partial charge in [0.25, 0.3) is 11.5 Å². The van der Waals surface area contributed by atoms with Gasteiger partial charge in [-0.05, 0) is 13.0 Å². The Morgan fingerprint density at radius 2 is 1.93 bits per heavy atom. The van der Waals surface area contributed by atoms with E-state index in [-0.39, 0.29) is 45.1 Å². The first kappa shape index (κ1) is 29.5. The Hall–Kier alpha value is -3.50. The molecular weight excluding hydrogens is 560 g/mol. The lowest BCUT2D eigenvalue weighted by Gasteiger charge is -2.47. The Morgan fingerprint density at radius 1 is 1.20 bits per heavy atom. The molecule has 0 spiro atoms. The van der Waals surface area contributed by atoms with Gasteiger partial charge < -0.3 is 19.9 Å². The molecule has 2 aliphatic rings. The summed E-state index contributed by atoms with van der Waals surface area (Å²) in [6.45, 7) is 1.38. The number of piperazine rings is 1. The number of amides is 1. The number of anilines is 2. The fourth-order valence-corrected chi connectivity index (χ4v) is 4.73. The molecule has 0 saturated carbocycles.